The molecular weight excluding hydrogens is 289 g/mol. The number of rotatable bonds is 4. The molecule has 21 heavy (non-hydrogen) atoms. The molecule has 1 aromatic carbocycles. The fraction of sp³-hybridized carbons (Fsp3) is 0.385. The van der Waals surface area contributed by atoms with E-state index in [0.717, 1.165) is 6.07 Å². The summed E-state index contributed by atoms with van der Waals surface area (Å²) in [7, 11) is 1.58. The minimum absolute atomic E-state index is 0.114. The Morgan fingerprint density at radius 2 is 2.10 bits per heavy atom. The van der Waals surface area contributed by atoms with Crippen molar-refractivity contribution < 1.29 is 27.5 Å². The van der Waals surface area contributed by atoms with E-state index in [0.29, 0.717) is 19.0 Å². The number of hydrogen-bond donors (Lipinski definition) is 1. The highest BCUT2D eigenvalue weighted by molar-refractivity contribution is 5.94. The van der Waals surface area contributed by atoms with Gasteiger partial charge in [0.25, 0.3) is 5.91 Å². The Balaban J connectivity index is 1.88. The highest BCUT2D eigenvalue weighted by Gasteiger charge is 2.28. The summed E-state index contributed by atoms with van der Waals surface area (Å²) in [5, 5.41) is 2.37. The molecule has 2 rings (SSSR count). The van der Waals surface area contributed by atoms with Crippen molar-refractivity contribution in [1.29, 1.82) is 0 Å². The third-order valence-electron chi connectivity index (χ3n) is 3.09. The van der Waals surface area contributed by atoms with Crippen molar-refractivity contribution >= 4 is 12.0 Å². The molecule has 1 saturated heterocycles. The average molecular weight is 302 g/mol. The van der Waals surface area contributed by atoms with E-state index < -0.39 is 35.0 Å². The average Bonchev–Trinajstić information content (AvgIpc) is 2.75. The first-order valence-electron chi connectivity index (χ1n) is 6.23. The zero-order valence-electron chi connectivity index (χ0n) is 11.2. The number of benzene rings is 1. The van der Waals surface area contributed by atoms with Crippen LogP contribution in [-0.2, 0) is 4.74 Å². The highest BCUT2D eigenvalue weighted by atomic mass is 19.2. The fourth-order valence-corrected chi connectivity index (χ4v) is 1.94. The number of ether oxygens (including phenoxy) is 1. The first-order valence-corrected chi connectivity index (χ1v) is 6.23. The first kappa shape index (κ1) is 15.1. The van der Waals surface area contributed by atoms with Gasteiger partial charge in [0, 0.05) is 20.0 Å². The van der Waals surface area contributed by atoms with Crippen LogP contribution in [0.4, 0.5) is 18.0 Å². The molecule has 0 aromatic heterocycles. The molecule has 0 spiro atoms. The van der Waals surface area contributed by atoms with E-state index in [4.69, 9.17) is 4.74 Å². The van der Waals surface area contributed by atoms with Gasteiger partial charge in [-0.2, -0.15) is 0 Å². The third kappa shape index (κ3) is 3.26. The van der Waals surface area contributed by atoms with E-state index in [1.54, 1.807) is 7.05 Å². The van der Waals surface area contributed by atoms with Crippen LogP contribution in [0.3, 0.4) is 0 Å². The third-order valence-corrected chi connectivity index (χ3v) is 3.09. The van der Waals surface area contributed by atoms with E-state index in [1.807, 2.05) is 0 Å². The molecule has 114 valence electrons. The normalized spacial score (nSPS) is 17.8. The molecule has 0 bridgehead atoms. The van der Waals surface area contributed by atoms with Crippen LogP contribution in [0.1, 0.15) is 16.8 Å². The lowest BCUT2D eigenvalue weighted by molar-refractivity contribution is 0.0938. The van der Waals surface area contributed by atoms with E-state index in [2.05, 4.69) is 5.32 Å². The Hall–Kier alpha value is -2.25. The lowest BCUT2D eigenvalue weighted by atomic mass is 10.1. The van der Waals surface area contributed by atoms with Crippen molar-refractivity contribution in [3.8, 4) is 0 Å². The van der Waals surface area contributed by atoms with Crippen molar-refractivity contribution in [2.45, 2.75) is 12.5 Å². The van der Waals surface area contributed by atoms with Crippen LogP contribution in [0.15, 0.2) is 12.1 Å². The Labute approximate surface area is 118 Å². The number of cyclic esters (lactones) is 1. The fourth-order valence-electron chi connectivity index (χ4n) is 1.94. The lowest BCUT2D eigenvalue weighted by Gasteiger charge is -2.10. The van der Waals surface area contributed by atoms with Crippen LogP contribution >= 0.6 is 0 Å². The summed E-state index contributed by atoms with van der Waals surface area (Å²) in [4.78, 5) is 24.2. The van der Waals surface area contributed by atoms with Crippen LogP contribution in [0.5, 0.6) is 0 Å². The van der Waals surface area contributed by atoms with Crippen LogP contribution in [-0.4, -0.2) is 43.1 Å². The van der Waals surface area contributed by atoms with Gasteiger partial charge in [0.15, 0.2) is 17.5 Å². The molecule has 0 saturated carbocycles. The number of carbonyl (C=O) groups excluding carboxylic acids is 2. The van der Waals surface area contributed by atoms with Crippen molar-refractivity contribution in [1.82, 2.24) is 10.2 Å². The van der Waals surface area contributed by atoms with Gasteiger partial charge in [-0.15, -0.1) is 0 Å². The van der Waals surface area contributed by atoms with E-state index in [-0.39, 0.29) is 12.6 Å². The molecule has 1 aromatic rings. The van der Waals surface area contributed by atoms with Crippen molar-refractivity contribution in [3.63, 3.8) is 0 Å². The van der Waals surface area contributed by atoms with Crippen LogP contribution in [0, 0.1) is 17.5 Å². The minimum atomic E-state index is -1.69. The Morgan fingerprint density at radius 1 is 1.38 bits per heavy atom. The van der Waals surface area contributed by atoms with Gasteiger partial charge in [-0.3, -0.25) is 4.79 Å². The summed E-state index contributed by atoms with van der Waals surface area (Å²) in [5.74, 6) is -5.43. The summed E-state index contributed by atoms with van der Waals surface area (Å²) in [6, 6.07) is 1.55. The second kappa shape index (κ2) is 6.02. The number of amides is 2. The number of carbonyl (C=O) groups is 2. The number of nitrogens with one attached hydrogen (secondary N) is 1. The van der Waals surface area contributed by atoms with Gasteiger partial charge in [-0.05, 0) is 12.1 Å². The van der Waals surface area contributed by atoms with Crippen molar-refractivity contribution in [2.75, 3.05) is 20.1 Å². The largest absolute Gasteiger partial charge is 0.444 e. The predicted molar refractivity (Wildman–Crippen MR) is 66.2 cm³/mol. The molecule has 1 N–H and O–H groups in total. The summed E-state index contributed by atoms with van der Waals surface area (Å²) in [6.45, 7) is 0.511. The molecule has 1 atom stereocenters. The summed E-state index contributed by atoms with van der Waals surface area (Å²) in [6.07, 6.45) is -0.469. The van der Waals surface area contributed by atoms with E-state index in [9.17, 15) is 22.8 Å². The summed E-state index contributed by atoms with van der Waals surface area (Å²) in [5.41, 5.74) is -0.575. The molecule has 1 aliphatic rings. The van der Waals surface area contributed by atoms with Crippen LogP contribution in [0.25, 0.3) is 0 Å². The van der Waals surface area contributed by atoms with Gasteiger partial charge in [0.2, 0.25) is 0 Å². The lowest BCUT2D eigenvalue weighted by Crippen LogP contribution is -2.29. The van der Waals surface area contributed by atoms with Crippen LogP contribution < -0.4 is 5.32 Å². The van der Waals surface area contributed by atoms with Gasteiger partial charge in [-0.1, -0.05) is 0 Å². The van der Waals surface area contributed by atoms with E-state index >= 15 is 0 Å². The first-order chi connectivity index (χ1) is 9.90. The maximum absolute atomic E-state index is 13.4. The molecule has 0 radical (unpaired) electrons. The number of halogens is 3. The second-order valence-corrected chi connectivity index (χ2v) is 4.65. The van der Waals surface area contributed by atoms with Gasteiger partial charge in [0.05, 0.1) is 12.1 Å². The smallest absolute Gasteiger partial charge is 0.409 e. The highest BCUT2D eigenvalue weighted by Crippen LogP contribution is 2.15. The zero-order chi connectivity index (χ0) is 15.6. The standard InChI is InChI=1S/C13H13F3N2O3/c1-18-6-7(21-13(18)20)4-5-17-12(19)8-2-3-9(14)11(16)10(8)15/h2-3,7H,4-6H2,1H3,(H,17,19). The Morgan fingerprint density at radius 3 is 2.71 bits per heavy atom. The van der Waals surface area contributed by atoms with Gasteiger partial charge >= 0.3 is 6.09 Å². The molecule has 2 amide bonds. The zero-order valence-corrected chi connectivity index (χ0v) is 11.2. The molecular formula is C13H13F3N2O3. The van der Waals surface area contributed by atoms with E-state index in [1.165, 1.54) is 4.90 Å². The number of likely N-dealkylation sites (N-methyl/N-ethyl adjacent to an activating group) is 1. The van der Waals surface area contributed by atoms with Gasteiger partial charge in [-0.25, -0.2) is 18.0 Å². The maximum Gasteiger partial charge on any atom is 0.409 e. The molecule has 1 fully saturated rings. The second-order valence-electron chi connectivity index (χ2n) is 4.65. The topological polar surface area (TPSA) is 58.6 Å². The Bertz CT molecular complexity index is 580. The molecule has 0 aliphatic carbocycles. The summed E-state index contributed by atoms with van der Waals surface area (Å²) < 4.78 is 44.1. The molecule has 1 unspecified atom stereocenters. The van der Waals surface area contributed by atoms with Gasteiger partial charge < -0.3 is 15.0 Å². The summed E-state index contributed by atoms with van der Waals surface area (Å²) >= 11 is 0. The molecule has 8 heteroatoms. The van der Waals surface area contributed by atoms with Crippen molar-refractivity contribution in [2.24, 2.45) is 0 Å². The molecule has 1 aliphatic heterocycles. The predicted octanol–water partition coefficient (Wildman–Crippen LogP) is 1.67. The number of nitrogens with zero attached hydrogens (tertiary/aromatic N) is 1. The molecule has 1 heterocycles. The van der Waals surface area contributed by atoms with Crippen molar-refractivity contribution in [3.05, 3.63) is 35.1 Å². The minimum Gasteiger partial charge on any atom is -0.444 e. The number of hydrogen-bond acceptors (Lipinski definition) is 3. The van der Waals surface area contributed by atoms with Crippen LogP contribution in [0.2, 0.25) is 0 Å². The quantitative estimate of drug-likeness (QED) is 0.861. The monoisotopic (exact) mass is 302 g/mol. The molecule has 5 nitrogen and oxygen atoms in total. The maximum atomic E-state index is 13.4. The Kier molecular flexibility index (Phi) is 4.35. The van der Waals surface area contributed by atoms with Gasteiger partial charge in [0.1, 0.15) is 6.10 Å². The SMILES string of the molecule is CN1CC(CCNC(=O)c2ccc(F)c(F)c2F)OC1=O.